The van der Waals surface area contributed by atoms with Crippen LogP contribution in [0.3, 0.4) is 0 Å². The van der Waals surface area contributed by atoms with E-state index in [-0.39, 0.29) is 0 Å². The number of likely N-dealkylation sites (N-methyl/N-ethyl adjacent to an activating group) is 1. The molecule has 0 radical (unpaired) electrons. The summed E-state index contributed by atoms with van der Waals surface area (Å²) >= 11 is 0. The molecule has 6 heteroatoms. The molecule has 0 fully saturated rings. The minimum Gasteiger partial charge on any atom is -0.380 e. The third kappa shape index (κ3) is 5.24. The van der Waals surface area contributed by atoms with Crippen LogP contribution in [0.4, 0.5) is 22.7 Å². The molecule has 6 nitrogen and oxygen atoms in total. The van der Waals surface area contributed by atoms with Crippen LogP contribution in [0.15, 0.2) is 53.7 Å². The Kier molecular flexibility index (Phi) is 7.04. The smallest absolute Gasteiger partial charge is 0.108 e. The Labute approximate surface area is 142 Å². The lowest BCUT2D eigenvalue weighted by molar-refractivity contribution is 0.154. The maximum Gasteiger partial charge on any atom is 0.108 e. The Morgan fingerprint density at radius 2 is 1.54 bits per heavy atom. The lowest BCUT2D eigenvalue weighted by Gasteiger charge is -2.23. The van der Waals surface area contributed by atoms with Crippen molar-refractivity contribution in [3.8, 4) is 0 Å². The first kappa shape index (κ1) is 17.7. The van der Waals surface area contributed by atoms with Crippen molar-refractivity contribution in [2.24, 2.45) is 5.18 Å². The minimum atomic E-state index is 0.414. The molecule has 0 bridgehead atoms. The summed E-state index contributed by atoms with van der Waals surface area (Å²) in [6.45, 7) is 7.44. The molecule has 0 aliphatic carbocycles. The molecule has 24 heavy (non-hydrogen) atoms. The molecule has 2 aromatic carbocycles. The van der Waals surface area contributed by atoms with E-state index in [2.05, 4.69) is 40.0 Å². The molecular formula is C18H24N4O2. The van der Waals surface area contributed by atoms with Crippen LogP contribution in [0, 0.1) is 4.91 Å². The lowest BCUT2D eigenvalue weighted by Crippen LogP contribution is -2.27. The standard InChI is InChI=1S/C18H24N4O2/c1-3-22(13-14-24-4-2)18-11-9-16(10-12-18)20-19-15-5-7-17(21-23)8-6-15/h5-12,19-20H,3-4,13-14H2,1-2H3. The van der Waals surface area contributed by atoms with E-state index in [1.807, 2.05) is 19.1 Å². The first-order valence-corrected chi connectivity index (χ1v) is 8.15. The molecule has 128 valence electrons. The largest absolute Gasteiger partial charge is 0.380 e. The number of hydrogen-bond acceptors (Lipinski definition) is 6. The van der Waals surface area contributed by atoms with E-state index >= 15 is 0 Å². The molecule has 2 N–H and O–H groups in total. The van der Waals surface area contributed by atoms with Crippen LogP contribution in [0.1, 0.15) is 13.8 Å². The Morgan fingerprint density at radius 3 is 2.04 bits per heavy atom. The molecule has 2 rings (SSSR count). The first-order valence-electron chi connectivity index (χ1n) is 8.15. The van der Waals surface area contributed by atoms with E-state index < -0.39 is 0 Å². The van der Waals surface area contributed by atoms with Crippen LogP contribution >= 0.6 is 0 Å². The van der Waals surface area contributed by atoms with E-state index in [9.17, 15) is 4.91 Å². The summed E-state index contributed by atoms with van der Waals surface area (Å²) in [5, 5.41) is 2.88. The third-order valence-electron chi connectivity index (χ3n) is 3.65. The van der Waals surface area contributed by atoms with Crippen molar-refractivity contribution in [3.63, 3.8) is 0 Å². The second-order valence-corrected chi connectivity index (χ2v) is 5.21. The Bertz CT molecular complexity index is 614. The summed E-state index contributed by atoms with van der Waals surface area (Å²) in [4.78, 5) is 12.7. The number of anilines is 3. The minimum absolute atomic E-state index is 0.414. The fourth-order valence-electron chi connectivity index (χ4n) is 2.29. The van der Waals surface area contributed by atoms with E-state index in [4.69, 9.17) is 4.74 Å². The summed E-state index contributed by atoms with van der Waals surface area (Å²) in [6, 6.07) is 15.1. The van der Waals surface area contributed by atoms with Crippen LogP contribution in [-0.2, 0) is 4.74 Å². The van der Waals surface area contributed by atoms with Gasteiger partial charge in [-0.25, -0.2) is 0 Å². The van der Waals surface area contributed by atoms with Crippen molar-refractivity contribution >= 4 is 22.7 Å². The highest BCUT2D eigenvalue weighted by atomic mass is 16.5. The van der Waals surface area contributed by atoms with E-state index in [0.29, 0.717) is 5.69 Å². The number of hydrazine groups is 1. The van der Waals surface area contributed by atoms with Gasteiger partial charge in [0, 0.05) is 25.4 Å². The van der Waals surface area contributed by atoms with Gasteiger partial charge in [-0.1, -0.05) is 0 Å². The van der Waals surface area contributed by atoms with Gasteiger partial charge in [-0.15, -0.1) is 4.91 Å². The van der Waals surface area contributed by atoms with Gasteiger partial charge < -0.3 is 20.5 Å². The van der Waals surface area contributed by atoms with Gasteiger partial charge >= 0.3 is 0 Å². The van der Waals surface area contributed by atoms with Gasteiger partial charge in [0.25, 0.3) is 0 Å². The van der Waals surface area contributed by atoms with Gasteiger partial charge in [-0.2, -0.15) is 0 Å². The van der Waals surface area contributed by atoms with Crippen LogP contribution in [0.25, 0.3) is 0 Å². The summed E-state index contributed by atoms with van der Waals surface area (Å²) in [6.07, 6.45) is 0. The molecule has 0 spiro atoms. The quantitative estimate of drug-likeness (QED) is 0.385. The number of nitrogens with one attached hydrogen (secondary N) is 2. The Hall–Kier alpha value is -2.60. The molecule has 0 aliphatic rings. The predicted octanol–water partition coefficient (Wildman–Crippen LogP) is 4.39. The monoisotopic (exact) mass is 328 g/mol. The molecular weight excluding hydrogens is 304 g/mol. The molecule has 0 aromatic heterocycles. The lowest BCUT2D eigenvalue weighted by atomic mass is 10.2. The molecule has 0 atom stereocenters. The van der Waals surface area contributed by atoms with Gasteiger partial charge in [0.1, 0.15) is 5.69 Å². The van der Waals surface area contributed by atoms with Gasteiger partial charge in [-0.3, -0.25) is 0 Å². The number of rotatable bonds is 10. The SMILES string of the molecule is CCOCCN(CC)c1ccc(NNc2ccc(N=O)cc2)cc1. The van der Waals surface area contributed by atoms with Gasteiger partial charge in [0.2, 0.25) is 0 Å². The second-order valence-electron chi connectivity index (χ2n) is 5.21. The average Bonchev–Trinajstić information content (AvgIpc) is 2.65. The Morgan fingerprint density at radius 1 is 0.958 bits per heavy atom. The third-order valence-corrected chi connectivity index (χ3v) is 3.65. The van der Waals surface area contributed by atoms with Gasteiger partial charge in [-0.05, 0) is 67.6 Å². The van der Waals surface area contributed by atoms with Crippen molar-refractivity contribution in [2.75, 3.05) is 42.1 Å². The fraction of sp³-hybridized carbons (Fsp3) is 0.333. The van der Waals surface area contributed by atoms with E-state index in [1.54, 1.807) is 24.3 Å². The maximum atomic E-state index is 10.4. The summed E-state index contributed by atoms with van der Waals surface area (Å²) in [7, 11) is 0. The van der Waals surface area contributed by atoms with Crippen LogP contribution in [0.5, 0.6) is 0 Å². The number of hydrogen-bond donors (Lipinski definition) is 2. The predicted molar refractivity (Wildman–Crippen MR) is 100.0 cm³/mol. The summed E-state index contributed by atoms with van der Waals surface area (Å²) in [5.41, 5.74) is 9.62. The molecule has 0 heterocycles. The maximum absolute atomic E-state index is 10.4. The Balaban J connectivity index is 1.89. The fourth-order valence-corrected chi connectivity index (χ4v) is 2.29. The number of benzene rings is 2. The number of nitroso groups, excluding NO2 is 1. The molecule has 2 aromatic rings. The van der Waals surface area contributed by atoms with Gasteiger partial charge in [0.05, 0.1) is 18.0 Å². The highest BCUT2D eigenvalue weighted by molar-refractivity contribution is 5.59. The topological polar surface area (TPSA) is 66.0 Å². The van der Waals surface area contributed by atoms with Crippen LogP contribution < -0.4 is 15.8 Å². The van der Waals surface area contributed by atoms with Crippen molar-refractivity contribution in [3.05, 3.63) is 53.4 Å². The molecule has 0 saturated heterocycles. The van der Waals surface area contributed by atoms with Crippen molar-refractivity contribution < 1.29 is 4.74 Å². The normalized spacial score (nSPS) is 10.2. The summed E-state index contributed by atoms with van der Waals surface area (Å²) in [5.74, 6) is 0. The zero-order chi connectivity index (χ0) is 17.2. The van der Waals surface area contributed by atoms with Crippen LogP contribution in [0.2, 0.25) is 0 Å². The van der Waals surface area contributed by atoms with Gasteiger partial charge in [0.15, 0.2) is 0 Å². The molecule has 0 aliphatic heterocycles. The van der Waals surface area contributed by atoms with E-state index in [1.165, 1.54) is 5.69 Å². The first-order chi connectivity index (χ1) is 11.8. The average molecular weight is 328 g/mol. The summed E-state index contributed by atoms with van der Waals surface area (Å²) < 4.78 is 5.42. The zero-order valence-corrected chi connectivity index (χ0v) is 14.2. The van der Waals surface area contributed by atoms with Crippen molar-refractivity contribution in [2.45, 2.75) is 13.8 Å². The molecule has 0 amide bonds. The highest BCUT2D eigenvalue weighted by Crippen LogP contribution is 2.19. The highest BCUT2D eigenvalue weighted by Gasteiger charge is 2.04. The van der Waals surface area contributed by atoms with Crippen LogP contribution in [-0.4, -0.2) is 26.3 Å². The number of ether oxygens (including phenoxy) is 1. The molecule has 0 unspecified atom stereocenters. The molecule has 0 saturated carbocycles. The van der Waals surface area contributed by atoms with Crippen molar-refractivity contribution in [1.29, 1.82) is 0 Å². The second kappa shape index (κ2) is 9.52. The van der Waals surface area contributed by atoms with Crippen molar-refractivity contribution in [1.82, 2.24) is 0 Å². The number of nitrogens with zero attached hydrogens (tertiary/aromatic N) is 2. The zero-order valence-electron chi connectivity index (χ0n) is 14.2. The van der Waals surface area contributed by atoms with E-state index in [0.717, 1.165) is 37.7 Å².